The molecule has 2 aromatic rings. The van der Waals surface area contributed by atoms with Crippen LogP contribution in [0.4, 0.5) is 11.4 Å². The van der Waals surface area contributed by atoms with Gasteiger partial charge in [-0.25, -0.2) is 4.90 Å². The lowest BCUT2D eigenvalue weighted by Crippen LogP contribution is -2.32. The van der Waals surface area contributed by atoms with Gasteiger partial charge in [-0.1, -0.05) is 41.4 Å². The first kappa shape index (κ1) is 17.0. The average molecular weight is 376 g/mol. The summed E-state index contributed by atoms with van der Waals surface area (Å²) < 4.78 is 0. The van der Waals surface area contributed by atoms with Crippen molar-refractivity contribution in [3.8, 4) is 0 Å². The Morgan fingerprint density at radius 2 is 1.72 bits per heavy atom. The fourth-order valence-corrected chi connectivity index (χ4v) is 2.73. The van der Waals surface area contributed by atoms with E-state index in [1.54, 1.807) is 18.2 Å². The molecule has 0 aromatic heterocycles. The van der Waals surface area contributed by atoms with Crippen molar-refractivity contribution in [2.45, 2.75) is 0 Å². The zero-order valence-electron chi connectivity index (χ0n) is 12.5. The highest BCUT2D eigenvalue weighted by molar-refractivity contribution is 6.53. The molecule has 1 heterocycles. The molecule has 1 aliphatic heterocycles. The van der Waals surface area contributed by atoms with Crippen molar-refractivity contribution >= 4 is 52.4 Å². The van der Waals surface area contributed by atoms with Gasteiger partial charge < -0.3 is 15.2 Å². The Balaban J connectivity index is 1.92. The number of hydrogen-bond donors (Lipinski definition) is 1. The molecule has 0 saturated carbocycles. The van der Waals surface area contributed by atoms with Crippen molar-refractivity contribution in [1.82, 2.24) is 0 Å². The average Bonchev–Trinajstić information content (AvgIpc) is 2.79. The van der Waals surface area contributed by atoms with E-state index >= 15 is 0 Å². The summed E-state index contributed by atoms with van der Waals surface area (Å²) in [5.41, 5.74) is 0.331. The highest BCUT2D eigenvalue weighted by Crippen LogP contribution is 2.31. The van der Waals surface area contributed by atoms with Gasteiger partial charge in [-0.05, 0) is 35.9 Å². The molecule has 126 valence electrons. The van der Waals surface area contributed by atoms with Crippen molar-refractivity contribution in [1.29, 1.82) is 0 Å². The number of hydrogen-bond acceptors (Lipinski definition) is 5. The van der Waals surface area contributed by atoms with Crippen molar-refractivity contribution in [2.75, 3.05) is 10.2 Å². The van der Waals surface area contributed by atoms with E-state index in [0.717, 1.165) is 4.90 Å². The Labute approximate surface area is 152 Å². The van der Waals surface area contributed by atoms with E-state index in [4.69, 9.17) is 23.2 Å². The third-order valence-corrected chi connectivity index (χ3v) is 4.05. The second kappa shape index (κ2) is 6.58. The van der Waals surface area contributed by atoms with Gasteiger partial charge in [0.25, 0.3) is 11.8 Å². The zero-order chi connectivity index (χ0) is 18.1. The van der Waals surface area contributed by atoms with Gasteiger partial charge >= 0.3 is 0 Å². The number of carboxylic acid groups (broad SMARTS) is 1. The van der Waals surface area contributed by atoms with Crippen molar-refractivity contribution in [2.24, 2.45) is 0 Å². The Morgan fingerprint density at radius 3 is 2.40 bits per heavy atom. The summed E-state index contributed by atoms with van der Waals surface area (Å²) in [6.07, 6.45) is 0. The largest absolute Gasteiger partial charge is 0.545 e. The number of aromatic carboxylic acids is 1. The van der Waals surface area contributed by atoms with Gasteiger partial charge in [-0.15, -0.1) is 0 Å². The number of carbonyl (C=O) groups is 3. The molecule has 0 spiro atoms. The summed E-state index contributed by atoms with van der Waals surface area (Å²) in [5, 5.41) is 13.7. The SMILES string of the molecule is O=C([O-])c1cccc(NC2=C(Cl)C(=O)N(c3cccc(Cl)c3)C2=O)c1. The van der Waals surface area contributed by atoms with Crippen LogP contribution < -0.4 is 15.3 Å². The first-order chi connectivity index (χ1) is 11.9. The second-order valence-corrected chi connectivity index (χ2v) is 5.92. The maximum Gasteiger partial charge on any atom is 0.283 e. The number of anilines is 2. The summed E-state index contributed by atoms with van der Waals surface area (Å²) in [6.45, 7) is 0. The monoisotopic (exact) mass is 375 g/mol. The Hall–Kier alpha value is -2.83. The molecule has 0 atom stereocenters. The number of carbonyl (C=O) groups excluding carboxylic acids is 3. The van der Waals surface area contributed by atoms with Crippen molar-refractivity contribution < 1.29 is 19.5 Å². The first-order valence-corrected chi connectivity index (χ1v) is 7.76. The molecule has 0 radical (unpaired) electrons. The number of benzene rings is 2. The third-order valence-electron chi connectivity index (χ3n) is 3.46. The summed E-state index contributed by atoms with van der Waals surface area (Å²) in [7, 11) is 0. The fraction of sp³-hybridized carbons (Fsp3) is 0. The predicted molar refractivity (Wildman–Crippen MR) is 91.2 cm³/mol. The highest BCUT2D eigenvalue weighted by atomic mass is 35.5. The maximum absolute atomic E-state index is 12.6. The van der Waals surface area contributed by atoms with Crippen LogP contribution in [0.5, 0.6) is 0 Å². The summed E-state index contributed by atoms with van der Waals surface area (Å²) in [6, 6.07) is 11.8. The van der Waals surface area contributed by atoms with Crippen molar-refractivity contribution in [3.63, 3.8) is 0 Å². The van der Waals surface area contributed by atoms with Crippen LogP contribution in [0.2, 0.25) is 5.02 Å². The van der Waals surface area contributed by atoms with Gasteiger partial charge in [-0.3, -0.25) is 9.59 Å². The van der Waals surface area contributed by atoms with E-state index in [2.05, 4.69) is 5.32 Å². The molecule has 2 aromatic carbocycles. The van der Waals surface area contributed by atoms with E-state index in [-0.39, 0.29) is 27.7 Å². The number of rotatable bonds is 4. The molecular formula is C17H9Cl2N2O4-. The molecule has 1 N–H and O–H groups in total. The van der Waals surface area contributed by atoms with E-state index in [0.29, 0.717) is 5.02 Å². The van der Waals surface area contributed by atoms with Crippen LogP contribution >= 0.6 is 23.2 Å². The zero-order valence-corrected chi connectivity index (χ0v) is 14.0. The van der Waals surface area contributed by atoms with Crippen LogP contribution in [0, 0.1) is 0 Å². The fourth-order valence-electron chi connectivity index (χ4n) is 2.33. The van der Waals surface area contributed by atoms with E-state index in [9.17, 15) is 19.5 Å². The summed E-state index contributed by atoms with van der Waals surface area (Å²) in [4.78, 5) is 36.7. The number of halogens is 2. The van der Waals surface area contributed by atoms with E-state index < -0.39 is 17.8 Å². The summed E-state index contributed by atoms with van der Waals surface area (Å²) in [5.74, 6) is -2.73. The van der Waals surface area contributed by atoms with Gasteiger partial charge in [-0.2, -0.15) is 0 Å². The van der Waals surface area contributed by atoms with Crippen LogP contribution in [0.1, 0.15) is 10.4 Å². The third kappa shape index (κ3) is 3.22. The summed E-state index contributed by atoms with van der Waals surface area (Å²) >= 11 is 11.9. The van der Waals surface area contributed by atoms with Crippen molar-refractivity contribution in [3.05, 3.63) is 69.8 Å². The molecule has 3 rings (SSSR count). The van der Waals surface area contributed by atoms with Crippen LogP contribution in [0.3, 0.4) is 0 Å². The predicted octanol–water partition coefficient (Wildman–Crippen LogP) is 2.14. The van der Waals surface area contributed by atoms with Gasteiger partial charge in [0.05, 0.1) is 11.7 Å². The molecule has 0 fully saturated rings. The standard InChI is InChI=1S/C17H10Cl2N2O4/c18-10-4-2-6-12(8-10)21-15(22)13(19)14(16(21)23)20-11-5-1-3-9(7-11)17(24)25/h1-8,20H,(H,24,25)/p-1. The molecular weight excluding hydrogens is 367 g/mol. The molecule has 0 unspecified atom stereocenters. The molecule has 6 nitrogen and oxygen atoms in total. The number of carboxylic acids is 1. The Kier molecular flexibility index (Phi) is 4.48. The normalized spacial score (nSPS) is 14.2. The van der Waals surface area contributed by atoms with Crippen LogP contribution in [0.15, 0.2) is 59.3 Å². The highest BCUT2D eigenvalue weighted by Gasteiger charge is 2.39. The second-order valence-electron chi connectivity index (χ2n) is 5.11. The first-order valence-electron chi connectivity index (χ1n) is 7.01. The lowest BCUT2D eigenvalue weighted by molar-refractivity contribution is -0.255. The van der Waals surface area contributed by atoms with Gasteiger partial charge in [0, 0.05) is 10.7 Å². The molecule has 0 saturated heterocycles. The number of nitrogens with one attached hydrogen (secondary N) is 1. The molecule has 8 heteroatoms. The molecule has 0 bridgehead atoms. The molecule has 2 amide bonds. The number of imide groups is 1. The lowest BCUT2D eigenvalue weighted by atomic mass is 10.2. The topological polar surface area (TPSA) is 89.5 Å². The maximum atomic E-state index is 12.6. The Bertz CT molecular complexity index is 940. The smallest absolute Gasteiger partial charge is 0.283 e. The molecule has 25 heavy (non-hydrogen) atoms. The lowest BCUT2D eigenvalue weighted by Gasteiger charge is -2.15. The number of nitrogens with zero attached hydrogens (tertiary/aromatic N) is 1. The molecule has 1 aliphatic rings. The van der Waals surface area contributed by atoms with Gasteiger partial charge in [0.2, 0.25) is 0 Å². The quantitative estimate of drug-likeness (QED) is 0.826. The number of amides is 2. The molecule has 0 aliphatic carbocycles. The van der Waals surface area contributed by atoms with E-state index in [1.807, 2.05) is 0 Å². The minimum atomic E-state index is -1.36. The minimum absolute atomic E-state index is 0.0785. The minimum Gasteiger partial charge on any atom is -0.545 e. The van der Waals surface area contributed by atoms with Gasteiger partial charge in [0.15, 0.2) is 0 Å². The van der Waals surface area contributed by atoms with E-state index in [1.165, 1.54) is 30.3 Å². The van der Waals surface area contributed by atoms with Gasteiger partial charge in [0.1, 0.15) is 10.7 Å². The van der Waals surface area contributed by atoms with Crippen LogP contribution in [0.25, 0.3) is 0 Å². The Morgan fingerprint density at radius 1 is 1.00 bits per heavy atom. The van der Waals surface area contributed by atoms with Crippen LogP contribution in [-0.2, 0) is 9.59 Å². The van der Waals surface area contributed by atoms with Crippen LogP contribution in [-0.4, -0.2) is 17.8 Å².